The van der Waals surface area contributed by atoms with Gasteiger partial charge < -0.3 is 9.84 Å². The average molecular weight is 235 g/mol. The van der Waals surface area contributed by atoms with E-state index in [1.807, 2.05) is 0 Å². The Balaban J connectivity index is 2.69. The third-order valence-corrected chi connectivity index (χ3v) is 2.10. The van der Waals surface area contributed by atoms with E-state index in [2.05, 4.69) is 4.98 Å². The maximum absolute atomic E-state index is 12.0. The van der Waals surface area contributed by atoms with Crippen molar-refractivity contribution in [3.8, 4) is 5.75 Å². The average Bonchev–Trinajstić information content (AvgIpc) is 2.25. The lowest BCUT2D eigenvalue weighted by Gasteiger charge is -2.15. The number of ether oxygens (including phenoxy) is 1. The van der Waals surface area contributed by atoms with Crippen molar-refractivity contribution >= 4 is 0 Å². The summed E-state index contributed by atoms with van der Waals surface area (Å²) in [5.41, 5.74) is 0.321. The molecule has 0 saturated carbocycles. The van der Waals surface area contributed by atoms with Gasteiger partial charge in [0.25, 0.3) is 0 Å². The number of aromatic nitrogens is 1. The summed E-state index contributed by atoms with van der Waals surface area (Å²) in [6.07, 6.45) is -4.12. The van der Waals surface area contributed by atoms with Crippen LogP contribution in [-0.2, 0) is 0 Å². The molecule has 1 unspecified atom stereocenters. The first kappa shape index (κ1) is 12.8. The van der Waals surface area contributed by atoms with Crippen molar-refractivity contribution < 1.29 is 23.0 Å². The number of hydrogen-bond donors (Lipinski definition) is 1. The maximum Gasteiger partial charge on any atom is 0.389 e. The van der Waals surface area contributed by atoms with Crippen molar-refractivity contribution in [2.75, 3.05) is 7.11 Å². The maximum atomic E-state index is 12.0. The number of methoxy groups -OCH3 is 1. The van der Waals surface area contributed by atoms with Gasteiger partial charge in [0.1, 0.15) is 5.75 Å². The van der Waals surface area contributed by atoms with Crippen LogP contribution in [0.3, 0.4) is 0 Å². The monoisotopic (exact) mass is 235 g/mol. The van der Waals surface area contributed by atoms with Gasteiger partial charge in [0.2, 0.25) is 0 Å². The number of nitrogens with zero attached hydrogens (tertiary/aromatic N) is 1. The van der Waals surface area contributed by atoms with Crippen molar-refractivity contribution in [1.82, 2.24) is 4.98 Å². The lowest BCUT2D eigenvalue weighted by atomic mass is 10.1. The van der Waals surface area contributed by atoms with E-state index in [0.29, 0.717) is 5.56 Å². The lowest BCUT2D eigenvalue weighted by molar-refractivity contribution is -0.140. The topological polar surface area (TPSA) is 42.4 Å². The van der Waals surface area contributed by atoms with Gasteiger partial charge in [-0.25, -0.2) is 0 Å². The molecule has 90 valence electrons. The molecule has 0 aliphatic heterocycles. The summed E-state index contributed by atoms with van der Waals surface area (Å²) in [7, 11) is 1.37. The molecule has 0 spiro atoms. The summed E-state index contributed by atoms with van der Waals surface area (Å²) >= 11 is 0. The minimum Gasteiger partial charge on any atom is -0.495 e. The highest BCUT2D eigenvalue weighted by Crippen LogP contribution is 2.31. The second kappa shape index (κ2) is 5.16. The van der Waals surface area contributed by atoms with Crippen LogP contribution in [0, 0.1) is 0 Å². The van der Waals surface area contributed by atoms with E-state index < -0.39 is 18.7 Å². The number of halogens is 3. The largest absolute Gasteiger partial charge is 0.495 e. The summed E-state index contributed by atoms with van der Waals surface area (Å²) < 4.78 is 40.8. The quantitative estimate of drug-likeness (QED) is 0.871. The molecule has 1 rings (SSSR count). The molecule has 1 aromatic rings. The summed E-state index contributed by atoms with van der Waals surface area (Å²) in [5.74, 6) is 0.289. The highest BCUT2D eigenvalue weighted by atomic mass is 19.4. The molecule has 1 N–H and O–H groups in total. The van der Waals surface area contributed by atoms with Gasteiger partial charge in [-0.2, -0.15) is 13.2 Å². The molecule has 1 heterocycles. The van der Waals surface area contributed by atoms with E-state index in [1.165, 1.54) is 25.6 Å². The Morgan fingerprint density at radius 1 is 1.50 bits per heavy atom. The van der Waals surface area contributed by atoms with Gasteiger partial charge in [-0.15, -0.1) is 0 Å². The fraction of sp³-hybridized carbons (Fsp3) is 0.500. The zero-order chi connectivity index (χ0) is 12.2. The smallest absolute Gasteiger partial charge is 0.389 e. The summed E-state index contributed by atoms with van der Waals surface area (Å²) in [6.45, 7) is 0. The molecule has 0 aromatic carbocycles. The molecular weight excluding hydrogens is 223 g/mol. The Hall–Kier alpha value is -1.30. The first-order valence-corrected chi connectivity index (χ1v) is 4.67. The van der Waals surface area contributed by atoms with E-state index in [-0.39, 0.29) is 12.2 Å². The van der Waals surface area contributed by atoms with Crippen LogP contribution < -0.4 is 4.74 Å². The Kier molecular flexibility index (Phi) is 4.12. The van der Waals surface area contributed by atoms with Crippen LogP contribution >= 0.6 is 0 Å². The normalized spacial score (nSPS) is 13.6. The lowest BCUT2D eigenvalue weighted by Crippen LogP contribution is -2.10. The van der Waals surface area contributed by atoms with Crippen molar-refractivity contribution in [3.63, 3.8) is 0 Å². The molecule has 0 fully saturated rings. The van der Waals surface area contributed by atoms with E-state index in [0.717, 1.165) is 0 Å². The molecule has 0 aliphatic carbocycles. The third-order valence-electron chi connectivity index (χ3n) is 2.10. The standard InChI is InChI=1S/C10H12F3NO2/c1-16-9-6-14-5-3-7(9)8(15)2-4-10(11,12)13/h3,5-6,8,15H,2,4H2,1H3. The van der Waals surface area contributed by atoms with Gasteiger partial charge in [-0.05, 0) is 12.5 Å². The molecule has 3 nitrogen and oxygen atoms in total. The Labute approximate surface area is 90.9 Å². The molecule has 1 aromatic heterocycles. The summed E-state index contributed by atoms with van der Waals surface area (Å²) in [6, 6.07) is 1.44. The minimum absolute atomic E-state index is 0.289. The molecule has 16 heavy (non-hydrogen) atoms. The van der Waals surface area contributed by atoms with Crippen molar-refractivity contribution in [2.45, 2.75) is 25.1 Å². The van der Waals surface area contributed by atoms with Gasteiger partial charge >= 0.3 is 6.18 Å². The fourth-order valence-electron chi connectivity index (χ4n) is 1.29. The predicted octanol–water partition coefficient (Wildman–Crippen LogP) is 2.47. The van der Waals surface area contributed by atoms with Crippen LogP contribution in [-0.4, -0.2) is 23.4 Å². The Bertz CT molecular complexity index is 341. The molecule has 1 atom stereocenters. The molecule has 0 bridgehead atoms. The van der Waals surface area contributed by atoms with Crippen LogP contribution in [0.4, 0.5) is 13.2 Å². The SMILES string of the molecule is COc1cnccc1C(O)CCC(F)(F)F. The van der Waals surface area contributed by atoms with Gasteiger partial charge in [0.05, 0.1) is 19.4 Å². The highest BCUT2D eigenvalue weighted by Gasteiger charge is 2.28. The number of aliphatic hydroxyl groups is 1. The number of pyridine rings is 1. The van der Waals surface area contributed by atoms with E-state index >= 15 is 0 Å². The number of alkyl halides is 3. The zero-order valence-electron chi connectivity index (χ0n) is 8.66. The van der Waals surface area contributed by atoms with Gasteiger partial charge in [0.15, 0.2) is 0 Å². The summed E-state index contributed by atoms with van der Waals surface area (Å²) in [4.78, 5) is 3.75. The van der Waals surface area contributed by atoms with Crippen LogP contribution in [0.1, 0.15) is 24.5 Å². The second-order valence-corrected chi connectivity index (χ2v) is 3.29. The first-order chi connectivity index (χ1) is 7.44. The minimum atomic E-state index is -4.26. The van der Waals surface area contributed by atoms with Gasteiger partial charge in [0, 0.05) is 18.2 Å². The second-order valence-electron chi connectivity index (χ2n) is 3.29. The van der Waals surface area contributed by atoms with Crippen LogP contribution in [0.25, 0.3) is 0 Å². The van der Waals surface area contributed by atoms with Crippen molar-refractivity contribution in [3.05, 3.63) is 24.0 Å². The molecule has 0 saturated heterocycles. The van der Waals surface area contributed by atoms with Crippen LogP contribution in [0.15, 0.2) is 18.5 Å². The zero-order valence-corrected chi connectivity index (χ0v) is 8.66. The Morgan fingerprint density at radius 2 is 2.19 bits per heavy atom. The summed E-state index contributed by atoms with van der Waals surface area (Å²) in [5, 5.41) is 9.59. The highest BCUT2D eigenvalue weighted by molar-refractivity contribution is 5.31. The molecule has 0 amide bonds. The van der Waals surface area contributed by atoms with Gasteiger partial charge in [-0.3, -0.25) is 4.98 Å². The first-order valence-electron chi connectivity index (χ1n) is 4.67. The van der Waals surface area contributed by atoms with E-state index in [4.69, 9.17) is 4.74 Å². The van der Waals surface area contributed by atoms with E-state index in [1.54, 1.807) is 0 Å². The van der Waals surface area contributed by atoms with Crippen LogP contribution in [0.2, 0.25) is 0 Å². The van der Waals surface area contributed by atoms with Crippen molar-refractivity contribution in [1.29, 1.82) is 0 Å². The van der Waals surface area contributed by atoms with Gasteiger partial charge in [-0.1, -0.05) is 0 Å². The van der Waals surface area contributed by atoms with E-state index in [9.17, 15) is 18.3 Å². The number of hydrogen-bond acceptors (Lipinski definition) is 3. The molecule has 6 heteroatoms. The van der Waals surface area contributed by atoms with Crippen molar-refractivity contribution in [2.24, 2.45) is 0 Å². The molecular formula is C10H12F3NO2. The fourth-order valence-corrected chi connectivity index (χ4v) is 1.29. The number of rotatable bonds is 4. The predicted molar refractivity (Wildman–Crippen MR) is 51.0 cm³/mol. The Morgan fingerprint density at radius 3 is 2.75 bits per heavy atom. The third kappa shape index (κ3) is 3.69. The van der Waals surface area contributed by atoms with Crippen LogP contribution in [0.5, 0.6) is 5.75 Å². The molecule has 0 aliphatic rings. The molecule has 0 radical (unpaired) electrons. The number of aliphatic hydroxyl groups excluding tert-OH is 1.